The summed E-state index contributed by atoms with van der Waals surface area (Å²) in [5, 5.41) is 0. The molecule has 0 aliphatic rings. The zero-order chi connectivity index (χ0) is 20.6. The molecule has 0 bridgehead atoms. The summed E-state index contributed by atoms with van der Waals surface area (Å²) in [5.74, 6) is 0. The molecule has 0 radical (unpaired) electrons. The van der Waals surface area contributed by atoms with Gasteiger partial charge in [0.2, 0.25) is 0 Å². The van der Waals surface area contributed by atoms with Crippen LogP contribution in [-0.4, -0.2) is 22.8 Å². The first-order chi connectivity index (χ1) is 14.1. The minimum Gasteiger partial charge on any atom is -0.333 e. The van der Waals surface area contributed by atoms with Crippen LogP contribution in [0.25, 0.3) is 11.3 Å². The van der Waals surface area contributed by atoms with Crippen molar-refractivity contribution in [3.05, 3.63) is 95.4 Å². The fourth-order valence-corrected chi connectivity index (χ4v) is 3.31. The van der Waals surface area contributed by atoms with Crippen LogP contribution >= 0.6 is 0 Å². The molecule has 0 aliphatic carbocycles. The summed E-state index contributed by atoms with van der Waals surface area (Å²) in [4.78, 5) is 13.5. The maximum absolute atomic E-state index is 4.82. The maximum atomic E-state index is 4.82. The zero-order valence-corrected chi connectivity index (χ0v) is 17.5. The van der Waals surface area contributed by atoms with E-state index in [1.165, 1.54) is 16.7 Å². The molecular formula is C25H28N4. The van der Waals surface area contributed by atoms with Gasteiger partial charge in [0.25, 0.3) is 0 Å². The van der Waals surface area contributed by atoms with Crippen LogP contribution in [0.4, 0.5) is 0 Å². The van der Waals surface area contributed by atoms with E-state index in [0.717, 1.165) is 41.7 Å². The second-order valence-electron chi connectivity index (χ2n) is 7.03. The number of allylic oxidation sites excluding steroid dienone is 1. The molecule has 148 valence electrons. The van der Waals surface area contributed by atoms with Crippen molar-refractivity contribution in [1.29, 1.82) is 0 Å². The molecule has 0 saturated heterocycles. The van der Waals surface area contributed by atoms with Crippen molar-refractivity contribution in [1.82, 2.24) is 9.55 Å². The lowest BCUT2D eigenvalue weighted by Gasteiger charge is -2.09. The van der Waals surface area contributed by atoms with E-state index in [4.69, 9.17) is 4.99 Å². The number of benzene rings is 2. The van der Waals surface area contributed by atoms with E-state index in [2.05, 4.69) is 53.8 Å². The van der Waals surface area contributed by atoms with Gasteiger partial charge in [0.15, 0.2) is 5.49 Å². The molecule has 3 rings (SSSR count). The lowest BCUT2D eigenvalue weighted by Crippen LogP contribution is -2.21. The van der Waals surface area contributed by atoms with Crippen LogP contribution in [0.3, 0.4) is 0 Å². The third-order valence-electron chi connectivity index (χ3n) is 4.91. The van der Waals surface area contributed by atoms with Crippen molar-refractivity contribution < 1.29 is 0 Å². The van der Waals surface area contributed by atoms with Crippen LogP contribution in [0, 0.1) is 0 Å². The van der Waals surface area contributed by atoms with Gasteiger partial charge in [0.05, 0.1) is 0 Å². The Labute approximate surface area is 173 Å². The summed E-state index contributed by atoms with van der Waals surface area (Å²) in [6.07, 6.45) is 8.34. The van der Waals surface area contributed by atoms with E-state index >= 15 is 0 Å². The number of aryl methyl sites for hydroxylation is 3. The predicted octanol–water partition coefficient (Wildman–Crippen LogP) is 4.75. The van der Waals surface area contributed by atoms with Crippen LogP contribution in [0.2, 0.25) is 0 Å². The number of rotatable bonds is 7. The fraction of sp³-hybridized carbons (Fsp3) is 0.240. The zero-order valence-electron chi connectivity index (χ0n) is 17.5. The summed E-state index contributed by atoms with van der Waals surface area (Å²) < 4.78 is 1.99. The Morgan fingerprint density at radius 3 is 2.69 bits per heavy atom. The van der Waals surface area contributed by atoms with Gasteiger partial charge in [-0.15, -0.1) is 0 Å². The minimum atomic E-state index is 0.799. The van der Waals surface area contributed by atoms with Crippen molar-refractivity contribution in [2.75, 3.05) is 7.05 Å². The van der Waals surface area contributed by atoms with E-state index in [1.807, 2.05) is 42.2 Å². The number of hydrogen-bond donors (Lipinski definition) is 0. The largest absolute Gasteiger partial charge is 0.333 e. The molecular weight excluding hydrogens is 356 g/mol. The first-order valence-electron chi connectivity index (χ1n) is 9.96. The number of aliphatic imine (C=N–C) groups is 1. The van der Waals surface area contributed by atoms with Gasteiger partial charge in [-0.2, -0.15) is 0 Å². The minimum absolute atomic E-state index is 0.799. The van der Waals surface area contributed by atoms with Gasteiger partial charge >= 0.3 is 0 Å². The van der Waals surface area contributed by atoms with E-state index in [1.54, 1.807) is 13.2 Å². The highest BCUT2D eigenvalue weighted by molar-refractivity contribution is 5.81. The first kappa shape index (κ1) is 20.5. The quantitative estimate of drug-likeness (QED) is 0.542. The molecule has 2 aromatic carbocycles. The fourth-order valence-electron chi connectivity index (χ4n) is 3.31. The lowest BCUT2D eigenvalue weighted by molar-refractivity contribution is 0.799. The molecule has 1 aromatic heterocycles. The van der Waals surface area contributed by atoms with Crippen LogP contribution < -0.4 is 5.49 Å². The summed E-state index contributed by atoms with van der Waals surface area (Å²) in [6.45, 7) is 6.38. The Hall–Kier alpha value is -3.27. The lowest BCUT2D eigenvalue weighted by atomic mass is 9.99. The third kappa shape index (κ3) is 5.17. The molecule has 0 amide bonds. The van der Waals surface area contributed by atoms with Crippen LogP contribution in [0.15, 0.2) is 83.2 Å². The van der Waals surface area contributed by atoms with Gasteiger partial charge in [-0.05, 0) is 36.0 Å². The van der Waals surface area contributed by atoms with Crippen molar-refractivity contribution in [2.45, 2.75) is 26.2 Å². The second kappa shape index (κ2) is 9.78. The molecule has 4 nitrogen and oxygen atoms in total. The number of hydrogen-bond acceptors (Lipinski definition) is 3. The van der Waals surface area contributed by atoms with E-state index in [9.17, 15) is 0 Å². The summed E-state index contributed by atoms with van der Waals surface area (Å²) in [6, 6.07) is 16.7. The summed E-state index contributed by atoms with van der Waals surface area (Å²) >= 11 is 0. The molecule has 1 heterocycles. The average Bonchev–Trinajstić information content (AvgIpc) is 2.75. The Bertz CT molecular complexity index is 1080. The first-order valence-corrected chi connectivity index (χ1v) is 9.96. The maximum Gasteiger partial charge on any atom is 0.159 e. The SMILES string of the molecule is C=C(CCc1ccc(C=NC)c(CC)c1)N=c1c(-c2ccccc2)nccn1C. The van der Waals surface area contributed by atoms with Crippen molar-refractivity contribution in [2.24, 2.45) is 17.0 Å². The Morgan fingerprint density at radius 2 is 1.97 bits per heavy atom. The normalized spacial score (nSPS) is 11.9. The second-order valence-corrected chi connectivity index (χ2v) is 7.03. The molecule has 0 fully saturated rings. The van der Waals surface area contributed by atoms with Crippen molar-refractivity contribution in [3.8, 4) is 11.3 Å². The molecule has 0 atom stereocenters. The highest BCUT2D eigenvalue weighted by atomic mass is 15.0. The topological polar surface area (TPSA) is 42.5 Å². The Kier molecular flexibility index (Phi) is 6.90. The highest BCUT2D eigenvalue weighted by Gasteiger charge is 2.06. The Morgan fingerprint density at radius 1 is 1.17 bits per heavy atom. The van der Waals surface area contributed by atoms with Gasteiger partial charge in [0.1, 0.15) is 5.69 Å². The number of aromatic nitrogens is 2. The molecule has 3 aromatic rings. The van der Waals surface area contributed by atoms with E-state index in [0.29, 0.717) is 0 Å². The average molecular weight is 385 g/mol. The molecule has 0 spiro atoms. The van der Waals surface area contributed by atoms with E-state index < -0.39 is 0 Å². The van der Waals surface area contributed by atoms with Gasteiger partial charge < -0.3 is 4.57 Å². The molecule has 0 unspecified atom stereocenters. The van der Waals surface area contributed by atoms with Gasteiger partial charge in [-0.1, -0.05) is 62.0 Å². The van der Waals surface area contributed by atoms with E-state index in [-0.39, 0.29) is 0 Å². The monoisotopic (exact) mass is 384 g/mol. The Balaban J connectivity index is 1.82. The van der Waals surface area contributed by atoms with Gasteiger partial charge in [-0.25, -0.2) is 4.99 Å². The van der Waals surface area contributed by atoms with Gasteiger partial charge in [0, 0.05) is 44.0 Å². The standard InChI is InChI=1S/C25H28N4/c1-5-21-17-20(13-14-23(21)18-26-3)12-11-19(2)28-25-24(27-15-16-29(25)4)22-9-7-6-8-10-22/h6-10,13-18H,2,5,11-12H2,1,3-4H3. The van der Waals surface area contributed by atoms with Gasteiger partial charge in [-0.3, -0.25) is 9.98 Å². The third-order valence-corrected chi connectivity index (χ3v) is 4.91. The molecule has 0 N–H and O–H groups in total. The smallest absolute Gasteiger partial charge is 0.159 e. The van der Waals surface area contributed by atoms with Crippen LogP contribution in [0.1, 0.15) is 30.0 Å². The van der Waals surface area contributed by atoms with Crippen LogP contribution in [-0.2, 0) is 19.9 Å². The summed E-state index contributed by atoms with van der Waals surface area (Å²) in [5.41, 5.74) is 7.41. The predicted molar refractivity (Wildman–Crippen MR) is 121 cm³/mol. The number of nitrogens with zero attached hydrogens (tertiary/aromatic N) is 4. The molecule has 4 heteroatoms. The molecule has 0 saturated carbocycles. The summed E-state index contributed by atoms with van der Waals surface area (Å²) in [7, 11) is 3.79. The van der Waals surface area contributed by atoms with Crippen molar-refractivity contribution in [3.63, 3.8) is 0 Å². The van der Waals surface area contributed by atoms with Crippen LogP contribution in [0.5, 0.6) is 0 Å². The molecule has 0 aliphatic heterocycles. The molecule has 29 heavy (non-hydrogen) atoms. The van der Waals surface area contributed by atoms with Crippen molar-refractivity contribution >= 4 is 6.21 Å². The highest BCUT2D eigenvalue weighted by Crippen LogP contribution is 2.16.